The molecule has 7 heteroatoms. The van der Waals surface area contributed by atoms with Crippen LogP contribution in [0.1, 0.15) is 40.4 Å². The Balaban J connectivity index is 1.31. The SMILES string of the molecule is C[C@@H](NC[C@H]1CN(C(=O)Nc2ccc(C(=O)O)cc2Cl)C[C@@H]1c1ccccc1)c1cccc2ccccc12. The molecule has 194 valence electrons. The minimum absolute atomic E-state index is 0.0739. The maximum absolute atomic E-state index is 13.2. The van der Waals surface area contributed by atoms with Crippen LogP contribution in [0, 0.1) is 5.92 Å². The molecular formula is C31H30ClN3O3. The van der Waals surface area contributed by atoms with Crippen molar-refractivity contribution in [2.45, 2.75) is 18.9 Å². The summed E-state index contributed by atoms with van der Waals surface area (Å²) in [5.41, 5.74) is 2.93. The number of amides is 2. The normalized spacial score (nSPS) is 17.9. The summed E-state index contributed by atoms with van der Waals surface area (Å²) in [4.78, 5) is 26.3. The molecule has 1 heterocycles. The molecule has 1 fully saturated rings. The van der Waals surface area contributed by atoms with Crippen molar-refractivity contribution in [1.29, 1.82) is 0 Å². The van der Waals surface area contributed by atoms with Gasteiger partial charge in [-0.1, -0.05) is 84.4 Å². The molecule has 1 saturated heterocycles. The summed E-state index contributed by atoms with van der Waals surface area (Å²) in [6.45, 7) is 4.10. The van der Waals surface area contributed by atoms with Crippen LogP contribution in [0.3, 0.4) is 0 Å². The molecule has 1 aliphatic rings. The molecule has 3 atom stereocenters. The Morgan fingerprint density at radius 3 is 2.47 bits per heavy atom. The Morgan fingerprint density at radius 1 is 0.974 bits per heavy atom. The minimum Gasteiger partial charge on any atom is -0.478 e. The van der Waals surface area contributed by atoms with Crippen molar-refractivity contribution in [3.05, 3.63) is 113 Å². The van der Waals surface area contributed by atoms with Crippen molar-refractivity contribution < 1.29 is 14.7 Å². The number of rotatable bonds is 7. The highest BCUT2D eigenvalue weighted by Gasteiger charge is 2.36. The fourth-order valence-electron chi connectivity index (χ4n) is 5.33. The van der Waals surface area contributed by atoms with Gasteiger partial charge >= 0.3 is 12.0 Å². The van der Waals surface area contributed by atoms with E-state index in [-0.39, 0.29) is 34.5 Å². The van der Waals surface area contributed by atoms with Gasteiger partial charge < -0.3 is 20.6 Å². The van der Waals surface area contributed by atoms with Crippen LogP contribution >= 0.6 is 11.6 Å². The number of likely N-dealkylation sites (tertiary alicyclic amines) is 1. The molecule has 1 aliphatic heterocycles. The Labute approximate surface area is 227 Å². The van der Waals surface area contributed by atoms with Crippen molar-refractivity contribution in [1.82, 2.24) is 10.2 Å². The molecule has 6 nitrogen and oxygen atoms in total. The summed E-state index contributed by atoms with van der Waals surface area (Å²) in [6, 6.07) is 29.3. The van der Waals surface area contributed by atoms with E-state index in [1.807, 2.05) is 23.1 Å². The number of nitrogens with zero attached hydrogens (tertiary/aromatic N) is 1. The molecule has 0 unspecified atom stereocenters. The van der Waals surface area contributed by atoms with Crippen LogP contribution in [0.5, 0.6) is 0 Å². The standard InChI is InChI=1S/C31H30ClN3O3/c1-20(25-13-7-11-21-10-5-6-12-26(21)25)33-17-24-18-35(19-27(24)22-8-3-2-4-9-22)31(38)34-29-15-14-23(30(36)37)16-28(29)32/h2-16,20,24,27,33H,17-19H2,1H3,(H,34,38)(H,36,37)/t20-,24+,27-/m1/s1. The quantitative estimate of drug-likeness (QED) is 0.247. The summed E-state index contributed by atoms with van der Waals surface area (Å²) >= 11 is 6.26. The Bertz CT molecular complexity index is 1450. The maximum Gasteiger partial charge on any atom is 0.335 e. The number of anilines is 1. The number of hydrogen-bond donors (Lipinski definition) is 3. The number of nitrogens with one attached hydrogen (secondary N) is 2. The lowest BCUT2D eigenvalue weighted by Crippen LogP contribution is -2.34. The Morgan fingerprint density at radius 2 is 1.71 bits per heavy atom. The van der Waals surface area contributed by atoms with Crippen LogP contribution in [0.15, 0.2) is 91.0 Å². The molecule has 5 rings (SSSR count). The van der Waals surface area contributed by atoms with Gasteiger partial charge in [0.25, 0.3) is 0 Å². The average Bonchev–Trinajstić information content (AvgIpc) is 3.37. The van der Waals surface area contributed by atoms with E-state index < -0.39 is 5.97 Å². The number of carbonyl (C=O) groups excluding carboxylic acids is 1. The van der Waals surface area contributed by atoms with Crippen molar-refractivity contribution >= 4 is 40.1 Å². The highest BCUT2D eigenvalue weighted by atomic mass is 35.5. The summed E-state index contributed by atoms with van der Waals surface area (Å²) in [5, 5.41) is 18.4. The fourth-order valence-corrected chi connectivity index (χ4v) is 5.56. The van der Waals surface area contributed by atoms with E-state index in [0.717, 1.165) is 6.54 Å². The number of halogens is 1. The molecule has 2 amide bonds. The summed E-state index contributed by atoms with van der Waals surface area (Å²) < 4.78 is 0. The third-order valence-electron chi connectivity index (χ3n) is 7.39. The number of urea groups is 1. The van der Waals surface area contributed by atoms with Crippen LogP contribution in [-0.2, 0) is 0 Å². The second kappa shape index (κ2) is 11.3. The van der Waals surface area contributed by atoms with E-state index in [9.17, 15) is 14.7 Å². The molecule has 38 heavy (non-hydrogen) atoms. The summed E-state index contributed by atoms with van der Waals surface area (Å²) in [7, 11) is 0. The second-order valence-electron chi connectivity index (χ2n) is 9.81. The van der Waals surface area contributed by atoms with Crippen LogP contribution in [0.2, 0.25) is 5.02 Å². The predicted molar refractivity (Wildman–Crippen MR) is 152 cm³/mol. The zero-order valence-corrected chi connectivity index (χ0v) is 21.9. The van der Waals surface area contributed by atoms with Crippen LogP contribution in [0.4, 0.5) is 10.5 Å². The number of fused-ring (bicyclic) bond motifs is 1. The van der Waals surface area contributed by atoms with Crippen molar-refractivity contribution in [2.24, 2.45) is 5.92 Å². The van der Waals surface area contributed by atoms with E-state index in [1.165, 1.54) is 40.1 Å². The predicted octanol–water partition coefficient (Wildman–Crippen LogP) is 6.79. The molecule has 0 radical (unpaired) electrons. The van der Waals surface area contributed by atoms with Gasteiger partial charge in [-0.05, 0) is 52.9 Å². The number of aromatic carboxylic acids is 1. The monoisotopic (exact) mass is 527 g/mol. The molecule has 0 aromatic heterocycles. The Kier molecular flexibility index (Phi) is 7.63. The highest BCUT2D eigenvalue weighted by molar-refractivity contribution is 6.34. The lowest BCUT2D eigenvalue weighted by atomic mass is 9.88. The van der Waals surface area contributed by atoms with Crippen molar-refractivity contribution in [2.75, 3.05) is 25.0 Å². The first-order chi connectivity index (χ1) is 18.4. The molecule has 4 aromatic rings. The third-order valence-corrected chi connectivity index (χ3v) is 7.70. The van der Waals surface area contributed by atoms with Gasteiger partial charge in [-0.15, -0.1) is 0 Å². The first kappa shape index (κ1) is 25.8. The van der Waals surface area contributed by atoms with Gasteiger partial charge in [-0.3, -0.25) is 0 Å². The molecule has 0 bridgehead atoms. The minimum atomic E-state index is -1.07. The lowest BCUT2D eigenvalue weighted by molar-refractivity contribution is 0.0697. The van der Waals surface area contributed by atoms with E-state index in [1.54, 1.807) is 0 Å². The lowest BCUT2D eigenvalue weighted by Gasteiger charge is -2.23. The number of benzene rings is 4. The maximum atomic E-state index is 13.2. The molecular weight excluding hydrogens is 498 g/mol. The number of carboxylic acids is 1. The van der Waals surface area contributed by atoms with Crippen LogP contribution in [0.25, 0.3) is 10.8 Å². The summed E-state index contributed by atoms with van der Waals surface area (Å²) in [6.07, 6.45) is 0. The smallest absolute Gasteiger partial charge is 0.335 e. The zero-order valence-electron chi connectivity index (χ0n) is 21.1. The van der Waals surface area contributed by atoms with E-state index in [2.05, 4.69) is 72.2 Å². The molecule has 0 aliphatic carbocycles. The van der Waals surface area contributed by atoms with Crippen molar-refractivity contribution in [3.63, 3.8) is 0 Å². The van der Waals surface area contributed by atoms with E-state index >= 15 is 0 Å². The molecule has 0 saturated carbocycles. The largest absolute Gasteiger partial charge is 0.478 e. The first-order valence-corrected chi connectivity index (χ1v) is 13.1. The zero-order chi connectivity index (χ0) is 26.6. The van der Waals surface area contributed by atoms with Gasteiger partial charge in [0.1, 0.15) is 0 Å². The highest BCUT2D eigenvalue weighted by Crippen LogP contribution is 2.34. The van der Waals surface area contributed by atoms with Gasteiger partial charge in [0.15, 0.2) is 0 Å². The van der Waals surface area contributed by atoms with E-state index in [4.69, 9.17) is 11.6 Å². The van der Waals surface area contributed by atoms with Crippen LogP contribution < -0.4 is 10.6 Å². The van der Waals surface area contributed by atoms with Crippen molar-refractivity contribution in [3.8, 4) is 0 Å². The van der Waals surface area contributed by atoms with Gasteiger partial charge in [-0.25, -0.2) is 9.59 Å². The number of carbonyl (C=O) groups is 2. The number of hydrogen-bond acceptors (Lipinski definition) is 3. The topological polar surface area (TPSA) is 81.7 Å². The van der Waals surface area contributed by atoms with E-state index in [0.29, 0.717) is 18.8 Å². The second-order valence-corrected chi connectivity index (χ2v) is 10.2. The molecule has 0 spiro atoms. The molecule has 4 aromatic carbocycles. The fraction of sp³-hybridized carbons (Fsp3) is 0.226. The van der Waals surface area contributed by atoms with Gasteiger partial charge in [0, 0.05) is 31.6 Å². The average molecular weight is 528 g/mol. The van der Waals surface area contributed by atoms with Crippen LogP contribution in [-0.4, -0.2) is 41.6 Å². The third kappa shape index (κ3) is 5.52. The van der Waals surface area contributed by atoms with Gasteiger partial charge in [-0.2, -0.15) is 0 Å². The Hall–Kier alpha value is -3.87. The molecule has 3 N–H and O–H groups in total. The first-order valence-electron chi connectivity index (χ1n) is 12.8. The van der Waals surface area contributed by atoms with Gasteiger partial charge in [0.05, 0.1) is 16.3 Å². The summed E-state index contributed by atoms with van der Waals surface area (Å²) in [5.74, 6) is -0.674. The van der Waals surface area contributed by atoms with Gasteiger partial charge in [0.2, 0.25) is 0 Å². The number of carboxylic acid groups (broad SMARTS) is 1.